The Bertz CT molecular complexity index is 601. The van der Waals surface area contributed by atoms with Crippen molar-refractivity contribution in [3.63, 3.8) is 0 Å². The van der Waals surface area contributed by atoms with Crippen LogP contribution >= 0.6 is 0 Å². The number of esters is 1. The molecule has 0 bridgehead atoms. The van der Waals surface area contributed by atoms with Crippen molar-refractivity contribution in [3.8, 4) is 0 Å². The molecule has 0 aliphatic carbocycles. The summed E-state index contributed by atoms with van der Waals surface area (Å²) >= 11 is 0. The molecule has 0 saturated carbocycles. The third-order valence-electron chi connectivity index (χ3n) is 3.53. The van der Waals surface area contributed by atoms with Crippen molar-refractivity contribution in [3.05, 3.63) is 60.7 Å². The standard InChI is InChI=1S/C19H21NO3/c1-3-17(19(22)23-4-2)18(21)20(15-11-7-5-8-12-15)16-13-9-6-10-14-16/h5-14,17H,3-4H2,1-2H3. The minimum Gasteiger partial charge on any atom is -0.465 e. The second-order valence-electron chi connectivity index (χ2n) is 5.06. The third-order valence-corrected chi connectivity index (χ3v) is 3.53. The lowest BCUT2D eigenvalue weighted by atomic mass is 10.0. The smallest absolute Gasteiger partial charge is 0.318 e. The van der Waals surface area contributed by atoms with Gasteiger partial charge < -0.3 is 4.74 Å². The molecule has 0 radical (unpaired) electrons. The van der Waals surface area contributed by atoms with Gasteiger partial charge in [-0.1, -0.05) is 43.3 Å². The maximum atomic E-state index is 13.0. The summed E-state index contributed by atoms with van der Waals surface area (Å²) in [4.78, 5) is 26.7. The monoisotopic (exact) mass is 311 g/mol. The lowest BCUT2D eigenvalue weighted by Crippen LogP contribution is -2.37. The SMILES string of the molecule is CCOC(=O)C(CC)C(=O)N(c1ccccc1)c1ccccc1. The zero-order valence-corrected chi connectivity index (χ0v) is 13.4. The van der Waals surface area contributed by atoms with Gasteiger partial charge in [0.05, 0.1) is 6.61 Å². The van der Waals surface area contributed by atoms with Crippen molar-refractivity contribution in [1.29, 1.82) is 0 Å². The first-order valence-electron chi connectivity index (χ1n) is 7.79. The fourth-order valence-electron chi connectivity index (χ4n) is 2.40. The van der Waals surface area contributed by atoms with Crippen molar-refractivity contribution < 1.29 is 14.3 Å². The van der Waals surface area contributed by atoms with Crippen LogP contribution in [0.2, 0.25) is 0 Å². The molecule has 120 valence electrons. The summed E-state index contributed by atoms with van der Waals surface area (Å²) in [6.45, 7) is 3.81. The number of carbonyl (C=O) groups excluding carboxylic acids is 2. The first-order chi connectivity index (χ1) is 11.2. The number of para-hydroxylation sites is 2. The molecule has 0 heterocycles. The molecule has 0 spiro atoms. The van der Waals surface area contributed by atoms with E-state index in [0.717, 1.165) is 11.4 Å². The Kier molecular flexibility index (Phi) is 5.92. The number of amides is 1. The molecule has 0 N–H and O–H groups in total. The summed E-state index contributed by atoms with van der Waals surface area (Å²) in [6, 6.07) is 18.6. The number of carbonyl (C=O) groups is 2. The van der Waals surface area contributed by atoms with Crippen molar-refractivity contribution in [2.45, 2.75) is 20.3 Å². The molecule has 0 fully saturated rings. The molecule has 4 nitrogen and oxygen atoms in total. The molecule has 1 atom stereocenters. The average Bonchev–Trinajstić information content (AvgIpc) is 2.58. The highest BCUT2D eigenvalue weighted by atomic mass is 16.5. The number of hydrogen-bond donors (Lipinski definition) is 0. The van der Waals surface area contributed by atoms with E-state index in [1.165, 1.54) is 0 Å². The predicted molar refractivity (Wildman–Crippen MR) is 90.4 cm³/mol. The van der Waals surface area contributed by atoms with Crippen LogP contribution in [0.5, 0.6) is 0 Å². The van der Waals surface area contributed by atoms with E-state index in [1.807, 2.05) is 67.6 Å². The summed E-state index contributed by atoms with van der Waals surface area (Å²) in [5.74, 6) is -1.56. The largest absolute Gasteiger partial charge is 0.465 e. The quantitative estimate of drug-likeness (QED) is 0.599. The molecule has 0 aromatic heterocycles. The van der Waals surface area contributed by atoms with Crippen LogP contribution in [0.1, 0.15) is 20.3 Å². The Labute approximate surface area is 136 Å². The first kappa shape index (κ1) is 16.7. The third kappa shape index (κ3) is 3.97. The van der Waals surface area contributed by atoms with E-state index < -0.39 is 11.9 Å². The molecule has 2 aromatic carbocycles. The second-order valence-corrected chi connectivity index (χ2v) is 5.06. The van der Waals surface area contributed by atoms with Gasteiger partial charge in [0.2, 0.25) is 5.91 Å². The van der Waals surface area contributed by atoms with E-state index in [1.54, 1.807) is 11.8 Å². The van der Waals surface area contributed by atoms with Gasteiger partial charge in [0.15, 0.2) is 0 Å². The summed E-state index contributed by atoms with van der Waals surface area (Å²) in [5.41, 5.74) is 1.46. The molecule has 0 aliphatic rings. The molecule has 1 amide bonds. The van der Waals surface area contributed by atoms with E-state index in [4.69, 9.17) is 4.74 Å². The van der Waals surface area contributed by atoms with Crippen LogP contribution in [-0.2, 0) is 14.3 Å². The number of nitrogens with zero attached hydrogens (tertiary/aromatic N) is 1. The molecule has 0 aliphatic heterocycles. The highest BCUT2D eigenvalue weighted by molar-refractivity contribution is 6.10. The van der Waals surface area contributed by atoms with Crippen LogP contribution in [0.15, 0.2) is 60.7 Å². The van der Waals surface area contributed by atoms with E-state index in [0.29, 0.717) is 6.42 Å². The summed E-state index contributed by atoms with van der Waals surface area (Å²) in [7, 11) is 0. The van der Waals surface area contributed by atoms with Gasteiger partial charge in [0.25, 0.3) is 0 Å². The van der Waals surface area contributed by atoms with Gasteiger partial charge in [-0.3, -0.25) is 14.5 Å². The molecule has 2 aromatic rings. The maximum absolute atomic E-state index is 13.0. The van der Waals surface area contributed by atoms with Gasteiger partial charge in [-0.15, -0.1) is 0 Å². The second kappa shape index (κ2) is 8.13. The summed E-state index contributed by atoms with van der Waals surface area (Å²) in [6.07, 6.45) is 0.397. The number of benzene rings is 2. The number of rotatable bonds is 6. The minimum atomic E-state index is -0.810. The van der Waals surface area contributed by atoms with Gasteiger partial charge in [-0.25, -0.2) is 0 Å². The highest BCUT2D eigenvalue weighted by Gasteiger charge is 2.32. The van der Waals surface area contributed by atoms with Gasteiger partial charge in [0, 0.05) is 11.4 Å². The average molecular weight is 311 g/mol. The fourth-order valence-corrected chi connectivity index (χ4v) is 2.40. The van der Waals surface area contributed by atoms with Crippen LogP contribution in [-0.4, -0.2) is 18.5 Å². The van der Waals surface area contributed by atoms with Gasteiger partial charge in [-0.05, 0) is 37.6 Å². The number of hydrogen-bond acceptors (Lipinski definition) is 3. The summed E-state index contributed by atoms with van der Waals surface area (Å²) < 4.78 is 5.05. The van der Waals surface area contributed by atoms with Crippen LogP contribution in [0.4, 0.5) is 11.4 Å². The van der Waals surface area contributed by atoms with Crippen LogP contribution in [0.25, 0.3) is 0 Å². The van der Waals surface area contributed by atoms with Crippen molar-refractivity contribution in [1.82, 2.24) is 0 Å². The topological polar surface area (TPSA) is 46.6 Å². The molecule has 4 heteroatoms. The van der Waals surface area contributed by atoms with Gasteiger partial charge in [-0.2, -0.15) is 0 Å². The molecular weight excluding hydrogens is 290 g/mol. The van der Waals surface area contributed by atoms with Crippen LogP contribution in [0, 0.1) is 5.92 Å². The Balaban J connectivity index is 2.41. The van der Waals surface area contributed by atoms with Crippen LogP contribution in [0.3, 0.4) is 0 Å². The lowest BCUT2D eigenvalue weighted by molar-refractivity contribution is -0.151. The zero-order valence-electron chi connectivity index (χ0n) is 13.4. The van der Waals surface area contributed by atoms with Crippen molar-refractivity contribution >= 4 is 23.3 Å². The maximum Gasteiger partial charge on any atom is 0.318 e. The van der Waals surface area contributed by atoms with Gasteiger partial charge >= 0.3 is 5.97 Å². The number of anilines is 2. The van der Waals surface area contributed by atoms with E-state index in [-0.39, 0.29) is 12.5 Å². The normalized spacial score (nSPS) is 11.6. The zero-order chi connectivity index (χ0) is 16.7. The highest BCUT2D eigenvalue weighted by Crippen LogP contribution is 2.28. The lowest BCUT2D eigenvalue weighted by Gasteiger charge is -2.26. The van der Waals surface area contributed by atoms with E-state index >= 15 is 0 Å². The molecular formula is C19H21NO3. The van der Waals surface area contributed by atoms with E-state index in [9.17, 15) is 9.59 Å². The Morgan fingerprint density at radius 2 is 1.39 bits per heavy atom. The molecule has 1 unspecified atom stereocenters. The molecule has 2 rings (SSSR count). The summed E-state index contributed by atoms with van der Waals surface area (Å²) in [5, 5.41) is 0. The molecule has 23 heavy (non-hydrogen) atoms. The van der Waals surface area contributed by atoms with Crippen LogP contribution < -0.4 is 4.90 Å². The Hall–Kier alpha value is -2.62. The fraction of sp³-hybridized carbons (Fsp3) is 0.263. The predicted octanol–water partition coefficient (Wildman–Crippen LogP) is 3.94. The Morgan fingerprint density at radius 1 is 0.913 bits per heavy atom. The first-order valence-corrected chi connectivity index (χ1v) is 7.79. The minimum absolute atomic E-state index is 0.263. The van der Waals surface area contributed by atoms with Crippen molar-refractivity contribution in [2.24, 2.45) is 5.92 Å². The molecule has 0 saturated heterocycles. The number of ether oxygens (including phenoxy) is 1. The Morgan fingerprint density at radius 3 is 1.78 bits per heavy atom. The van der Waals surface area contributed by atoms with Crippen molar-refractivity contribution in [2.75, 3.05) is 11.5 Å². The van der Waals surface area contributed by atoms with E-state index in [2.05, 4.69) is 0 Å². The van der Waals surface area contributed by atoms with Gasteiger partial charge in [0.1, 0.15) is 5.92 Å².